The number of quaternary nitrogens is 1. The molecule has 8 heteroatoms. The van der Waals surface area contributed by atoms with Gasteiger partial charge in [-0.3, -0.25) is 4.79 Å². The fourth-order valence-corrected chi connectivity index (χ4v) is 5.16. The molecule has 3 aromatic heterocycles. The Labute approximate surface area is 188 Å². The smallest absolute Gasteiger partial charge is 0.251 e. The maximum atomic E-state index is 12.7. The number of rotatable bonds is 6. The van der Waals surface area contributed by atoms with Crippen molar-refractivity contribution in [2.75, 3.05) is 39.4 Å². The first-order valence-electron chi connectivity index (χ1n) is 10.4. The first-order valence-corrected chi connectivity index (χ1v) is 12.1. The third kappa shape index (κ3) is 4.52. The highest BCUT2D eigenvalue weighted by atomic mass is 32.1. The number of nitrogens with zero attached hydrogens (tertiary/aromatic N) is 2. The van der Waals surface area contributed by atoms with Crippen molar-refractivity contribution >= 4 is 39.6 Å². The number of fused-ring (bicyclic) bond motifs is 1. The fourth-order valence-electron chi connectivity index (χ4n) is 3.73. The molecule has 0 spiro atoms. The molecule has 1 aliphatic rings. The van der Waals surface area contributed by atoms with Crippen LogP contribution in [0, 0.1) is 0 Å². The quantitative estimate of drug-likeness (QED) is 0.473. The van der Waals surface area contributed by atoms with Crippen molar-refractivity contribution in [1.82, 2.24) is 15.3 Å². The number of carbonyl (C=O) groups excluding carboxylic acids is 1. The Morgan fingerprint density at radius 1 is 0.968 bits per heavy atom. The van der Waals surface area contributed by atoms with Crippen molar-refractivity contribution < 1.29 is 14.4 Å². The Hall–Kier alpha value is -2.65. The number of aromatic nitrogens is 2. The van der Waals surface area contributed by atoms with E-state index in [1.165, 1.54) is 4.90 Å². The normalized spacial score (nSPS) is 14.7. The summed E-state index contributed by atoms with van der Waals surface area (Å²) in [5.41, 5.74) is 3.88. The third-order valence-corrected chi connectivity index (χ3v) is 7.15. The van der Waals surface area contributed by atoms with E-state index in [2.05, 4.69) is 17.4 Å². The molecule has 0 atom stereocenters. The van der Waals surface area contributed by atoms with Gasteiger partial charge < -0.3 is 15.0 Å². The minimum atomic E-state index is -0.0728. The van der Waals surface area contributed by atoms with E-state index in [1.54, 1.807) is 22.7 Å². The molecule has 1 aromatic carbocycles. The van der Waals surface area contributed by atoms with E-state index in [4.69, 9.17) is 14.7 Å². The molecule has 0 bridgehead atoms. The predicted octanol–water partition coefficient (Wildman–Crippen LogP) is 2.73. The topological polar surface area (TPSA) is 68.5 Å². The fraction of sp³-hybridized carbons (Fsp3) is 0.261. The summed E-state index contributed by atoms with van der Waals surface area (Å²) >= 11 is 3.30. The Morgan fingerprint density at radius 3 is 2.29 bits per heavy atom. The summed E-state index contributed by atoms with van der Waals surface area (Å²) < 4.78 is 5.39. The van der Waals surface area contributed by atoms with Gasteiger partial charge in [0.1, 0.15) is 24.5 Å². The molecule has 4 heterocycles. The monoisotopic (exact) mass is 451 g/mol. The van der Waals surface area contributed by atoms with Gasteiger partial charge in [0.05, 0.1) is 47.1 Å². The molecule has 0 aliphatic carbocycles. The lowest BCUT2D eigenvalue weighted by Gasteiger charge is -2.23. The highest BCUT2D eigenvalue weighted by Crippen LogP contribution is 2.35. The zero-order valence-electron chi connectivity index (χ0n) is 17.0. The molecular formula is C23H23N4O2S2+. The lowest BCUT2D eigenvalue weighted by atomic mass is 10.1. The van der Waals surface area contributed by atoms with Crippen LogP contribution in [0.4, 0.5) is 0 Å². The number of ether oxygens (including phenoxy) is 1. The zero-order valence-corrected chi connectivity index (χ0v) is 18.6. The van der Waals surface area contributed by atoms with Gasteiger partial charge in [-0.2, -0.15) is 0 Å². The van der Waals surface area contributed by atoms with Crippen LogP contribution in [-0.4, -0.2) is 55.3 Å². The van der Waals surface area contributed by atoms with Crippen molar-refractivity contribution in [3.8, 4) is 21.1 Å². The largest absolute Gasteiger partial charge is 0.370 e. The number of carbonyl (C=O) groups is 1. The van der Waals surface area contributed by atoms with Crippen LogP contribution in [0.2, 0.25) is 0 Å². The number of thiophene rings is 2. The van der Waals surface area contributed by atoms with Crippen LogP contribution in [0.25, 0.3) is 32.2 Å². The number of morpholine rings is 1. The van der Waals surface area contributed by atoms with Crippen LogP contribution in [0.15, 0.2) is 53.2 Å². The van der Waals surface area contributed by atoms with Crippen LogP contribution in [0.1, 0.15) is 10.4 Å². The third-order valence-electron chi connectivity index (χ3n) is 5.40. The van der Waals surface area contributed by atoms with Crippen LogP contribution in [-0.2, 0) is 4.74 Å². The molecule has 2 N–H and O–H groups in total. The second kappa shape index (κ2) is 9.23. The minimum absolute atomic E-state index is 0.0728. The molecular weight excluding hydrogens is 428 g/mol. The van der Waals surface area contributed by atoms with Crippen LogP contribution in [0.3, 0.4) is 0 Å². The van der Waals surface area contributed by atoms with Gasteiger partial charge in [-0.25, -0.2) is 9.97 Å². The average Bonchev–Trinajstić information content (AvgIpc) is 3.53. The number of benzene rings is 1. The summed E-state index contributed by atoms with van der Waals surface area (Å²) in [6.07, 6.45) is 0. The molecule has 1 fully saturated rings. The first-order chi connectivity index (χ1) is 15.3. The van der Waals surface area contributed by atoms with E-state index in [1.807, 2.05) is 41.1 Å². The van der Waals surface area contributed by atoms with Crippen molar-refractivity contribution in [2.24, 2.45) is 0 Å². The molecule has 6 nitrogen and oxygen atoms in total. The maximum Gasteiger partial charge on any atom is 0.251 e. The molecule has 1 saturated heterocycles. The standard InChI is InChI=1S/C23H22N4O2S2/c28-23(24-7-8-27-9-11-29-12-10-27)16-5-6-17-18(15-16)26-22(20-4-2-14-31-20)21(25-17)19-3-1-13-30-19/h1-6,13-15H,7-12H2,(H,24,28)/p+1. The van der Waals surface area contributed by atoms with Gasteiger partial charge in [0.2, 0.25) is 0 Å². The zero-order chi connectivity index (χ0) is 21.0. The molecule has 5 rings (SSSR count). The molecule has 1 amide bonds. The van der Waals surface area contributed by atoms with Crippen LogP contribution >= 0.6 is 22.7 Å². The van der Waals surface area contributed by atoms with Gasteiger partial charge in [0.25, 0.3) is 5.91 Å². The van der Waals surface area contributed by atoms with E-state index in [0.29, 0.717) is 12.1 Å². The maximum absolute atomic E-state index is 12.7. The molecule has 158 valence electrons. The summed E-state index contributed by atoms with van der Waals surface area (Å²) in [5.74, 6) is -0.0728. The number of hydrogen-bond donors (Lipinski definition) is 2. The molecule has 1 aliphatic heterocycles. The summed E-state index contributed by atoms with van der Waals surface area (Å²) in [6.45, 7) is 5.16. The van der Waals surface area contributed by atoms with E-state index < -0.39 is 0 Å². The van der Waals surface area contributed by atoms with E-state index >= 15 is 0 Å². The van der Waals surface area contributed by atoms with Gasteiger partial charge in [0.15, 0.2) is 0 Å². The van der Waals surface area contributed by atoms with Gasteiger partial charge in [-0.15, -0.1) is 22.7 Å². The number of hydrogen-bond acceptors (Lipinski definition) is 6. The first kappa shape index (κ1) is 20.3. The predicted molar refractivity (Wildman–Crippen MR) is 125 cm³/mol. The average molecular weight is 452 g/mol. The van der Waals surface area contributed by atoms with Crippen LogP contribution in [0.5, 0.6) is 0 Å². The van der Waals surface area contributed by atoms with E-state index in [-0.39, 0.29) is 5.91 Å². The van der Waals surface area contributed by atoms with Crippen LogP contribution < -0.4 is 10.2 Å². The molecule has 4 aromatic rings. The van der Waals surface area contributed by atoms with Crippen molar-refractivity contribution in [3.05, 3.63) is 58.8 Å². The molecule has 0 saturated carbocycles. The van der Waals surface area contributed by atoms with E-state index in [0.717, 1.165) is 65.0 Å². The number of nitrogens with one attached hydrogen (secondary N) is 2. The van der Waals surface area contributed by atoms with Crippen molar-refractivity contribution in [2.45, 2.75) is 0 Å². The summed E-state index contributed by atoms with van der Waals surface area (Å²) in [6, 6.07) is 13.7. The second-order valence-electron chi connectivity index (χ2n) is 7.45. The van der Waals surface area contributed by atoms with Crippen molar-refractivity contribution in [1.29, 1.82) is 0 Å². The van der Waals surface area contributed by atoms with Gasteiger partial charge in [-0.05, 0) is 41.1 Å². The van der Waals surface area contributed by atoms with Crippen molar-refractivity contribution in [3.63, 3.8) is 0 Å². The Kier molecular flexibility index (Phi) is 6.04. The van der Waals surface area contributed by atoms with E-state index in [9.17, 15) is 4.79 Å². The highest BCUT2D eigenvalue weighted by molar-refractivity contribution is 7.14. The molecule has 0 radical (unpaired) electrons. The minimum Gasteiger partial charge on any atom is -0.370 e. The SMILES string of the molecule is O=C(NCC[NH+]1CCOCC1)c1ccc2nc(-c3cccs3)c(-c3cccs3)nc2c1. The Morgan fingerprint density at radius 2 is 1.65 bits per heavy atom. The Balaban J connectivity index is 1.40. The lowest BCUT2D eigenvalue weighted by Crippen LogP contribution is -3.14. The number of amides is 1. The lowest BCUT2D eigenvalue weighted by molar-refractivity contribution is -0.906. The second-order valence-corrected chi connectivity index (χ2v) is 9.34. The Bertz CT molecular complexity index is 1170. The van der Waals surface area contributed by atoms with Gasteiger partial charge >= 0.3 is 0 Å². The summed E-state index contributed by atoms with van der Waals surface area (Å²) in [4.78, 5) is 26.2. The highest BCUT2D eigenvalue weighted by Gasteiger charge is 2.17. The van der Waals surface area contributed by atoms with Gasteiger partial charge in [-0.1, -0.05) is 12.1 Å². The summed E-state index contributed by atoms with van der Waals surface area (Å²) in [5, 5.41) is 7.13. The van der Waals surface area contributed by atoms with Gasteiger partial charge in [0, 0.05) is 5.56 Å². The summed E-state index contributed by atoms with van der Waals surface area (Å²) in [7, 11) is 0. The molecule has 0 unspecified atom stereocenters. The molecule has 31 heavy (non-hydrogen) atoms.